The van der Waals surface area contributed by atoms with Crippen LogP contribution in [0, 0.1) is 0 Å². The van der Waals surface area contributed by atoms with Crippen LogP contribution in [-0.2, 0) is 34.5 Å². The molecular weight excluding hydrogens is 576 g/mol. The van der Waals surface area contributed by atoms with Crippen LogP contribution in [0.2, 0.25) is 0 Å². The van der Waals surface area contributed by atoms with Crippen LogP contribution in [-0.4, -0.2) is 72.7 Å². The summed E-state index contributed by atoms with van der Waals surface area (Å²) in [7, 11) is -13.6. The number of nitrogens with zero attached hydrogens (tertiary/aromatic N) is 3. The first-order valence-electron chi connectivity index (χ1n) is 9.75. The van der Waals surface area contributed by atoms with Crippen LogP contribution in [0.15, 0.2) is 67.3 Å². The van der Waals surface area contributed by atoms with Crippen LogP contribution in [0.25, 0.3) is 5.69 Å². The van der Waals surface area contributed by atoms with Gasteiger partial charge < -0.3 is 10.2 Å². The number of rotatable bonds is 10. The number of carboxylic acid groups (broad SMARTS) is 1. The minimum atomic E-state index is -4.86. The van der Waals surface area contributed by atoms with Crippen molar-refractivity contribution in [3.05, 3.63) is 58.5 Å². The number of benzene rings is 2. The minimum absolute atomic E-state index is 0.0262. The smallest absolute Gasteiger partial charge is 0.397 e. The van der Waals surface area contributed by atoms with E-state index in [4.69, 9.17) is 9.11 Å². The summed E-state index contributed by atoms with van der Waals surface area (Å²) in [5.41, 5.74) is -2.89. The Morgan fingerprint density at radius 1 is 0.947 bits per heavy atom. The first-order valence-corrected chi connectivity index (χ1v) is 14.2. The number of H-pyrrole nitrogens is 1. The number of aromatic carboxylic acids is 1. The molecule has 0 saturated carbocycles. The quantitative estimate of drug-likeness (QED) is 0.161. The Hall–Kier alpha value is -3.95. The lowest BCUT2D eigenvalue weighted by Gasteiger charge is -2.05. The van der Waals surface area contributed by atoms with Crippen LogP contribution < -0.4 is 5.56 Å². The standard InChI is InChI=1S/C18H16N4O13S3/c23-14-9-12(36(27,28)8-7-35-38(32,33)34)5-6-13(14)19-20-15-16(18(25)26)21-22(17(15)24)10-1-3-11(4-2-10)37(29,30)31/h1-6,9,21,23H,7-8H2,(H,25,26)(H,29,30,31)(H,32,33,34). The summed E-state index contributed by atoms with van der Waals surface area (Å²) in [6.07, 6.45) is 0. The number of hydrogen-bond donors (Lipinski definition) is 5. The highest BCUT2D eigenvalue weighted by Crippen LogP contribution is 2.31. The lowest BCUT2D eigenvalue weighted by molar-refractivity contribution is 0.0690. The third kappa shape index (κ3) is 6.67. The number of azo groups is 1. The number of carboxylic acids is 1. The summed E-state index contributed by atoms with van der Waals surface area (Å²) in [5.74, 6) is -3.25. The molecule has 2 aromatic carbocycles. The number of phenols is 1. The molecule has 0 aliphatic rings. The van der Waals surface area contributed by atoms with Gasteiger partial charge in [0.25, 0.3) is 15.7 Å². The van der Waals surface area contributed by atoms with Gasteiger partial charge in [0.2, 0.25) is 0 Å². The van der Waals surface area contributed by atoms with Gasteiger partial charge in [0.05, 0.1) is 27.8 Å². The Labute approximate surface area is 213 Å². The average molecular weight is 593 g/mol. The molecule has 0 amide bonds. The molecule has 38 heavy (non-hydrogen) atoms. The fraction of sp³-hybridized carbons (Fsp3) is 0.111. The van der Waals surface area contributed by atoms with Crippen molar-refractivity contribution < 1.29 is 53.5 Å². The molecule has 0 bridgehead atoms. The molecule has 5 N–H and O–H groups in total. The Bertz CT molecular complexity index is 1810. The molecule has 204 valence electrons. The van der Waals surface area contributed by atoms with E-state index in [9.17, 15) is 45.1 Å². The predicted molar refractivity (Wildman–Crippen MR) is 125 cm³/mol. The second-order valence-corrected chi connectivity index (χ2v) is 11.8. The number of sulfone groups is 1. The maximum Gasteiger partial charge on any atom is 0.397 e. The van der Waals surface area contributed by atoms with E-state index in [-0.39, 0.29) is 11.4 Å². The van der Waals surface area contributed by atoms with Gasteiger partial charge in [-0.05, 0) is 36.4 Å². The van der Waals surface area contributed by atoms with Crippen molar-refractivity contribution >= 4 is 47.7 Å². The highest BCUT2D eigenvalue weighted by molar-refractivity contribution is 7.91. The third-order valence-corrected chi connectivity index (χ3v) is 7.63. The highest BCUT2D eigenvalue weighted by atomic mass is 32.3. The Balaban J connectivity index is 1.92. The van der Waals surface area contributed by atoms with E-state index in [1.807, 2.05) is 0 Å². The van der Waals surface area contributed by atoms with Gasteiger partial charge in [0, 0.05) is 6.07 Å². The Morgan fingerprint density at radius 2 is 1.55 bits per heavy atom. The topological polar surface area (TPSA) is 272 Å². The van der Waals surface area contributed by atoms with E-state index in [0.717, 1.165) is 42.5 Å². The summed E-state index contributed by atoms with van der Waals surface area (Å²) < 4.78 is 90.2. The number of aromatic hydroxyl groups is 1. The van der Waals surface area contributed by atoms with Crippen LogP contribution >= 0.6 is 0 Å². The zero-order valence-electron chi connectivity index (χ0n) is 18.5. The van der Waals surface area contributed by atoms with Gasteiger partial charge in [0.1, 0.15) is 11.4 Å². The van der Waals surface area contributed by atoms with Crippen molar-refractivity contribution in [2.75, 3.05) is 12.4 Å². The van der Waals surface area contributed by atoms with Gasteiger partial charge in [-0.25, -0.2) is 22.1 Å². The first kappa shape index (κ1) is 28.6. The molecule has 0 atom stereocenters. The van der Waals surface area contributed by atoms with Gasteiger partial charge in [-0.2, -0.15) is 16.8 Å². The molecule has 1 heterocycles. The normalized spacial score (nSPS) is 12.7. The van der Waals surface area contributed by atoms with Crippen molar-refractivity contribution in [2.24, 2.45) is 10.2 Å². The van der Waals surface area contributed by atoms with E-state index >= 15 is 0 Å². The maximum atomic E-state index is 12.8. The van der Waals surface area contributed by atoms with E-state index in [0.29, 0.717) is 4.68 Å². The third-order valence-electron chi connectivity index (χ3n) is 4.62. The minimum Gasteiger partial charge on any atom is -0.506 e. The fourth-order valence-corrected chi connectivity index (χ4v) is 4.86. The molecule has 3 aromatic rings. The van der Waals surface area contributed by atoms with E-state index in [2.05, 4.69) is 19.5 Å². The Morgan fingerprint density at radius 3 is 2.08 bits per heavy atom. The van der Waals surface area contributed by atoms with Gasteiger partial charge in [0.15, 0.2) is 21.2 Å². The first-order chi connectivity index (χ1) is 17.5. The molecule has 0 radical (unpaired) electrons. The summed E-state index contributed by atoms with van der Waals surface area (Å²) >= 11 is 0. The zero-order chi connectivity index (χ0) is 28.5. The van der Waals surface area contributed by atoms with Crippen molar-refractivity contribution in [1.82, 2.24) is 9.78 Å². The van der Waals surface area contributed by atoms with E-state index in [1.165, 1.54) is 0 Å². The van der Waals surface area contributed by atoms with E-state index in [1.54, 1.807) is 0 Å². The Kier molecular flexibility index (Phi) is 7.86. The van der Waals surface area contributed by atoms with Gasteiger partial charge in [-0.1, -0.05) is 0 Å². The van der Waals surface area contributed by atoms with Gasteiger partial charge in [-0.3, -0.25) is 19.0 Å². The average Bonchev–Trinajstić information content (AvgIpc) is 3.13. The van der Waals surface area contributed by atoms with Crippen molar-refractivity contribution in [3.8, 4) is 11.4 Å². The molecule has 0 saturated heterocycles. The van der Waals surface area contributed by atoms with Crippen LogP contribution in [0.4, 0.5) is 11.4 Å². The van der Waals surface area contributed by atoms with Crippen molar-refractivity contribution in [2.45, 2.75) is 9.79 Å². The molecule has 1 aromatic heterocycles. The monoisotopic (exact) mass is 592 g/mol. The van der Waals surface area contributed by atoms with Crippen molar-refractivity contribution in [1.29, 1.82) is 0 Å². The molecule has 0 unspecified atom stereocenters. The molecule has 3 rings (SSSR count). The lowest BCUT2D eigenvalue weighted by Crippen LogP contribution is -2.15. The number of phenolic OH excluding ortho intramolecular Hbond substituents is 1. The second kappa shape index (κ2) is 10.4. The SMILES string of the molecule is O=C(O)c1[nH]n(-c2ccc(S(=O)(=O)O)cc2)c(=O)c1N=Nc1ccc(S(=O)(=O)CCOS(=O)(=O)O)cc1O. The maximum absolute atomic E-state index is 12.8. The predicted octanol–water partition coefficient (Wildman–Crippen LogP) is 0.825. The van der Waals surface area contributed by atoms with E-state index < -0.39 is 81.2 Å². The molecule has 0 aliphatic carbocycles. The molecular formula is C18H16N4O13S3. The molecule has 0 aliphatic heterocycles. The van der Waals surface area contributed by atoms with Crippen LogP contribution in [0.5, 0.6) is 5.75 Å². The second-order valence-electron chi connectivity index (χ2n) is 7.17. The fourth-order valence-electron chi connectivity index (χ4n) is 2.87. The highest BCUT2D eigenvalue weighted by Gasteiger charge is 2.22. The number of hydrogen-bond acceptors (Lipinski definition) is 12. The molecule has 17 nitrogen and oxygen atoms in total. The molecule has 20 heteroatoms. The van der Waals surface area contributed by atoms with Crippen LogP contribution in [0.3, 0.4) is 0 Å². The number of carbonyl (C=O) groups is 1. The van der Waals surface area contributed by atoms with Gasteiger partial charge in [-0.15, -0.1) is 10.2 Å². The number of aromatic nitrogens is 2. The number of aromatic amines is 1. The van der Waals surface area contributed by atoms with Gasteiger partial charge >= 0.3 is 16.4 Å². The lowest BCUT2D eigenvalue weighted by atomic mass is 10.3. The van der Waals surface area contributed by atoms with Crippen molar-refractivity contribution in [3.63, 3.8) is 0 Å². The molecule has 0 fully saturated rings. The zero-order valence-corrected chi connectivity index (χ0v) is 20.9. The summed E-state index contributed by atoms with van der Waals surface area (Å²) in [6.45, 7) is -0.903. The molecule has 0 spiro atoms. The summed E-state index contributed by atoms with van der Waals surface area (Å²) in [5, 5.41) is 29.0. The summed E-state index contributed by atoms with van der Waals surface area (Å²) in [6, 6.07) is 6.78. The number of nitrogens with one attached hydrogen (secondary N) is 1. The van der Waals surface area contributed by atoms with Crippen LogP contribution in [0.1, 0.15) is 10.5 Å². The largest absolute Gasteiger partial charge is 0.506 e. The summed E-state index contributed by atoms with van der Waals surface area (Å²) in [4.78, 5) is 23.4.